The molecule has 1 unspecified atom stereocenters. The van der Waals surface area contributed by atoms with Crippen molar-refractivity contribution in [1.29, 1.82) is 0 Å². The summed E-state index contributed by atoms with van der Waals surface area (Å²) in [6.07, 6.45) is -0.762. The van der Waals surface area contributed by atoms with E-state index in [9.17, 15) is 22.4 Å². The molecule has 11 heteroatoms. The fourth-order valence-electron chi connectivity index (χ4n) is 3.48. The van der Waals surface area contributed by atoms with Crippen molar-refractivity contribution in [2.45, 2.75) is 17.9 Å². The third-order valence-electron chi connectivity index (χ3n) is 5.18. The van der Waals surface area contributed by atoms with Crippen molar-refractivity contribution >= 4 is 39.1 Å². The van der Waals surface area contributed by atoms with Crippen molar-refractivity contribution in [2.75, 3.05) is 31.5 Å². The van der Waals surface area contributed by atoms with Gasteiger partial charge in [0.25, 0.3) is 11.8 Å². The summed E-state index contributed by atoms with van der Waals surface area (Å²) in [6.45, 7) is 1.98. The minimum atomic E-state index is -3.97. The number of benzene rings is 2. The second kappa shape index (κ2) is 8.10. The predicted molar refractivity (Wildman–Crippen MR) is 111 cm³/mol. The Morgan fingerprint density at radius 2 is 1.90 bits per heavy atom. The molecule has 4 rings (SSSR count). The van der Waals surface area contributed by atoms with E-state index < -0.39 is 21.9 Å². The van der Waals surface area contributed by atoms with E-state index in [1.54, 1.807) is 6.92 Å². The van der Waals surface area contributed by atoms with Crippen LogP contribution in [0.3, 0.4) is 0 Å². The molecule has 2 aliphatic rings. The number of carbonyl (C=O) groups is 2. The zero-order valence-corrected chi connectivity index (χ0v) is 18.0. The van der Waals surface area contributed by atoms with Crippen LogP contribution in [-0.2, 0) is 14.8 Å². The summed E-state index contributed by atoms with van der Waals surface area (Å²) in [5.74, 6) is -1.00. The lowest BCUT2D eigenvalue weighted by atomic mass is 10.2. The number of rotatable bonds is 3. The molecule has 0 saturated carbocycles. The van der Waals surface area contributed by atoms with Gasteiger partial charge in [-0.05, 0) is 31.2 Å². The molecule has 2 heterocycles. The first-order chi connectivity index (χ1) is 14.7. The van der Waals surface area contributed by atoms with Gasteiger partial charge in [0.2, 0.25) is 10.0 Å². The highest BCUT2D eigenvalue weighted by Gasteiger charge is 2.34. The largest absolute Gasteiger partial charge is 0.479 e. The normalized spacial score (nSPS) is 19.4. The van der Waals surface area contributed by atoms with Crippen molar-refractivity contribution in [2.24, 2.45) is 0 Å². The van der Waals surface area contributed by atoms with Gasteiger partial charge in [0, 0.05) is 37.8 Å². The number of hydrogen-bond acceptors (Lipinski definition) is 5. The maximum Gasteiger partial charge on any atom is 0.265 e. The first-order valence-corrected chi connectivity index (χ1v) is 11.3. The average molecular weight is 468 g/mol. The fraction of sp³-hybridized carbons (Fsp3) is 0.300. The van der Waals surface area contributed by atoms with Crippen LogP contribution in [-0.4, -0.2) is 61.7 Å². The van der Waals surface area contributed by atoms with E-state index in [2.05, 4.69) is 5.32 Å². The van der Waals surface area contributed by atoms with Crippen molar-refractivity contribution in [1.82, 2.24) is 9.21 Å². The number of nitrogens with zero attached hydrogens (tertiary/aromatic N) is 2. The summed E-state index contributed by atoms with van der Waals surface area (Å²) in [5, 5.41) is 2.57. The van der Waals surface area contributed by atoms with Gasteiger partial charge in [-0.25, -0.2) is 12.8 Å². The molecule has 31 heavy (non-hydrogen) atoms. The zero-order chi connectivity index (χ0) is 22.3. The lowest BCUT2D eigenvalue weighted by Crippen LogP contribution is -2.50. The van der Waals surface area contributed by atoms with Crippen LogP contribution in [0.5, 0.6) is 5.75 Å². The third kappa shape index (κ3) is 4.10. The van der Waals surface area contributed by atoms with E-state index >= 15 is 0 Å². The quantitative estimate of drug-likeness (QED) is 0.747. The standard InChI is InChI=1S/C20H19ClFN3O5S/c1-12-19(26)23-16-10-15(21)18(11-17(16)30-12)31(28,29)25-7-5-24(6-8-25)20(27)13-3-2-4-14(22)9-13/h2-4,9-12H,5-8H2,1H3,(H,23,26). The number of carbonyl (C=O) groups excluding carboxylic acids is 2. The number of amides is 2. The van der Waals surface area contributed by atoms with E-state index in [1.165, 1.54) is 39.5 Å². The Kier molecular flexibility index (Phi) is 5.63. The molecule has 164 valence electrons. The summed E-state index contributed by atoms with van der Waals surface area (Å²) >= 11 is 6.21. The second-order valence-electron chi connectivity index (χ2n) is 7.23. The van der Waals surface area contributed by atoms with E-state index in [0.29, 0.717) is 5.69 Å². The van der Waals surface area contributed by atoms with Gasteiger partial charge in [-0.2, -0.15) is 4.31 Å². The van der Waals surface area contributed by atoms with Gasteiger partial charge >= 0.3 is 0 Å². The fourth-order valence-corrected chi connectivity index (χ4v) is 5.42. The number of halogens is 2. The predicted octanol–water partition coefficient (Wildman–Crippen LogP) is 2.35. The Hall–Kier alpha value is -2.69. The summed E-state index contributed by atoms with van der Waals surface area (Å²) in [7, 11) is -3.97. The molecule has 1 atom stereocenters. The average Bonchev–Trinajstić information content (AvgIpc) is 2.74. The monoisotopic (exact) mass is 467 g/mol. The molecular formula is C20H19ClFN3O5S. The Balaban J connectivity index is 1.51. The molecule has 0 spiro atoms. The SMILES string of the molecule is CC1Oc2cc(S(=O)(=O)N3CCN(C(=O)c4cccc(F)c4)CC3)c(Cl)cc2NC1=O. The zero-order valence-electron chi connectivity index (χ0n) is 16.5. The van der Waals surface area contributed by atoms with Crippen molar-refractivity contribution < 1.29 is 27.1 Å². The molecule has 0 bridgehead atoms. The maximum atomic E-state index is 13.4. The number of hydrogen-bond donors (Lipinski definition) is 1. The molecule has 2 amide bonds. The van der Waals surface area contributed by atoms with E-state index in [-0.39, 0.29) is 59.2 Å². The van der Waals surface area contributed by atoms with Gasteiger partial charge in [-0.3, -0.25) is 9.59 Å². The first-order valence-electron chi connectivity index (χ1n) is 9.53. The van der Waals surface area contributed by atoms with Gasteiger partial charge in [0.05, 0.1) is 10.7 Å². The molecule has 2 aliphatic heterocycles. The van der Waals surface area contributed by atoms with E-state index in [4.69, 9.17) is 16.3 Å². The van der Waals surface area contributed by atoms with Crippen LogP contribution < -0.4 is 10.1 Å². The molecule has 0 aromatic heterocycles. The number of piperazine rings is 1. The van der Waals surface area contributed by atoms with Gasteiger partial charge < -0.3 is 15.0 Å². The highest BCUT2D eigenvalue weighted by molar-refractivity contribution is 7.89. The van der Waals surface area contributed by atoms with Crippen LogP contribution in [0.2, 0.25) is 5.02 Å². The summed E-state index contributed by atoms with van der Waals surface area (Å²) < 4.78 is 46.5. The van der Waals surface area contributed by atoms with Crippen molar-refractivity contribution in [3.63, 3.8) is 0 Å². The molecule has 1 N–H and O–H groups in total. The number of anilines is 1. The van der Waals surface area contributed by atoms with Crippen molar-refractivity contribution in [3.05, 3.63) is 52.8 Å². The lowest BCUT2D eigenvalue weighted by Gasteiger charge is -2.34. The van der Waals surface area contributed by atoms with Crippen LogP contribution in [0, 0.1) is 5.82 Å². The van der Waals surface area contributed by atoms with Gasteiger partial charge in [-0.15, -0.1) is 0 Å². The Bertz CT molecular complexity index is 1170. The van der Waals surface area contributed by atoms with Crippen molar-refractivity contribution in [3.8, 4) is 5.75 Å². The minimum absolute atomic E-state index is 0.0459. The molecule has 2 aromatic carbocycles. The third-order valence-corrected chi connectivity index (χ3v) is 7.54. The van der Waals surface area contributed by atoms with Crippen LogP contribution in [0.25, 0.3) is 0 Å². The van der Waals surface area contributed by atoms with Crippen LogP contribution >= 0.6 is 11.6 Å². The van der Waals surface area contributed by atoms with Crippen LogP contribution in [0.15, 0.2) is 41.3 Å². The highest BCUT2D eigenvalue weighted by Crippen LogP contribution is 2.38. The number of ether oxygens (including phenoxy) is 1. The summed E-state index contributed by atoms with van der Waals surface area (Å²) in [5.41, 5.74) is 0.514. The molecular weight excluding hydrogens is 449 g/mol. The lowest BCUT2D eigenvalue weighted by molar-refractivity contribution is -0.122. The Morgan fingerprint density at radius 1 is 1.19 bits per heavy atom. The van der Waals surface area contributed by atoms with Crippen LogP contribution in [0.4, 0.5) is 10.1 Å². The Morgan fingerprint density at radius 3 is 2.58 bits per heavy atom. The molecule has 1 fully saturated rings. The first kappa shape index (κ1) is 21.5. The highest BCUT2D eigenvalue weighted by atomic mass is 35.5. The van der Waals surface area contributed by atoms with E-state index in [1.807, 2.05) is 0 Å². The summed E-state index contributed by atoms with van der Waals surface area (Å²) in [4.78, 5) is 25.7. The molecule has 2 aromatic rings. The smallest absolute Gasteiger partial charge is 0.265 e. The van der Waals surface area contributed by atoms with Gasteiger partial charge in [0.1, 0.15) is 16.5 Å². The molecule has 0 aliphatic carbocycles. The van der Waals surface area contributed by atoms with E-state index in [0.717, 1.165) is 6.07 Å². The maximum absolute atomic E-state index is 13.4. The molecule has 1 saturated heterocycles. The number of nitrogens with one attached hydrogen (secondary N) is 1. The van der Waals surface area contributed by atoms with Crippen LogP contribution in [0.1, 0.15) is 17.3 Å². The van der Waals surface area contributed by atoms with Gasteiger partial charge in [0.15, 0.2) is 6.10 Å². The molecule has 0 radical (unpaired) electrons. The topological polar surface area (TPSA) is 96.0 Å². The second-order valence-corrected chi connectivity index (χ2v) is 9.55. The summed E-state index contributed by atoms with van der Waals surface area (Å²) in [6, 6.07) is 8.01. The minimum Gasteiger partial charge on any atom is -0.479 e. The Labute approximate surface area is 183 Å². The number of fused-ring (bicyclic) bond motifs is 1. The molecule has 8 nitrogen and oxygen atoms in total. The van der Waals surface area contributed by atoms with Gasteiger partial charge in [-0.1, -0.05) is 17.7 Å². The number of sulfonamides is 1.